The third kappa shape index (κ3) is 11.9. The summed E-state index contributed by atoms with van der Waals surface area (Å²) >= 11 is 0. The van der Waals surface area contributed by atoms with Crippen LogP contribution in [0.5, 0.6) is 0 Å². The Balaban J connectivity index is 0.000000339. The van der Waals surface area contributed by atoms with Gasteiger partial charge in [0.05, 0.1) is 44.1 Å². The van der Waals surface area contributed by atoms with E-state index in [0.717, 1.165) is 45.4 Å². The van der Waals surface area contributed by atoms with Crippen LogP contribution in [0.2, 0.25) is 0 Å². The minimum atomic E-state index is 1.06. The predicted octanol–water partition coefficient (Wildman–Crippen LogP) is 12.2. The van der Waals surface area contributed by atoms with E-state index in [1.165, 1.54) is 33.2 Å². The Labute approximate surface area is 325 Å². The minimum Gasteiger partial charge on any atom is -0.331 e. The first-order chi connectivity index (χ1) is 25.9. The second kappa shape index (κ2) is 23.4. The van der Waals surface area contributed by atoms with Crippen LogP contribution in [0, 0.1) is 41.5 Å². The first-order valence-corrected chi connectivity index (χ1v) is 19.5. The molecule has 0 bridgehead atoms. The lowest BCUT2D eigenvalue weighted by molar-refractivity contribution is 0.885. The molecule has 0 aliphatic heterocycles. The maximum Gasteiger partial charge on any atom is 0.106 e. The van der Waals surface area contributed by atoms with Crippen LogP contribution in [0.4, 0.5) is 0 Å². The van der Waals surface area contributed by atoms with Crippen molar-refractivity contribution in [2.75, 3.05) is 0 Å². The summed E-state index contributed by atoms with van der Waals surface area (Å²) in [6.45, 7) is 28.3. The maximum absolute atomic E-state index is 4.44. The Morgan fingerprint density at radius 1 is 0.315 bits per heavy atom. The van der Waals surface area contributed by atoms with Crippen LogP contribution in [-0.2, 0) is 28.2 Å². The molecular weight excluding hydrogens is 665 g/mol. The predicted molar refractivity (Wildman–Crippen MR) is 237 cm³/mol. The van der Waals surface area contributed by atoms with Crippen molar-refractivity contribution in [1.82, 2.24) is 38.2 Å². The van der Waals surface area contributed by atoms with E-state index in [-0.39, 0.29) is 0 Å². The summed E-state index contributed by atoms with van der Waals surface area (Å²) in [7, 11) is 8.15. The van der Waals surface area contributed by atoms with Crippen molar-refractivity contribution in [3.8, 4) is 0 Å². The van der Waals surface area contributed by atoms with Gasteiger partial charge in [0.25, 0.3) is 0 Å². The molecule has 54 heavy (non-hydrogen) atoms. The highest BCUT2D eigenvalue weighted by molar-refractivity contribution is 5.78. The van der Waals surface area contributed by atoms with Gasteiger partial charge in [-0.1, -0.05) is 91.8 Å². The van der Waals surface area contributed by atoms with Gasteiger partial charge in [-0.2, -0.15) is 0 Å². The monoisotopic (exact) mass is 733 g/mol. The van der Waals surface area contributed by atoms with E-state index in [0.29, 0.717) is 0 Å². The highest BCUT2D eigenvalue weighted by Gasteiger charge is 2.04. The average Bonchev–Trinajstić information content (AvgIpc) is 3.87. The van der Waals surface area contributed by atoms with Crippen molar-refractivity contribution in [3.05, 3.63) is 119 Å². The summed E-state index contributed by atoms with van der Waals surface area (Å²) in [4.78, 5) is 17.6. The van der Waals surface area contributed by atoms with Crippen LogP contribution in [0.3, 0.4) is 0 Å². The molecule has 0 N–H and O–H groups in total. The van der Waals surface area contributed by atoms with Crippen LogP contribution in [0.15, 0.2) is 84.9 Å². The number of imidazole rings is 4. The molecule has 0 saturated carbocycles. The SMILES string of the molecule is CC.CC.CC.CC.Cc1ccc2c(c1)nc(C)n2C.Cc1ccc2nc(C)n(C)c2c1.Cc1nc2ccccc2n1C.Cc1nc2ccccc2n1C. The molecule has 4 heterocycles. The van der Waals surface area contributed by atoms with E-state index in [2.05, 4.69) is 101 Å². The molecule has 0 radical (unpaired) electrons. The third-order valence-electron chi connectivity index (χ3n) is 8.54. The van der Waals surface area contributed by atoms with E-state index in [9.17, 15) is 0 Å². The van der Waals surface area contributed by atoms with Crippen molar-refractivity contribution in [2.45, 2.75) is 96.9 Å². The molecule has 8 heteroatoms. The first-order valence-electron chi connectivity index (χ1n) is 19.5. The van der Waals surface area contributed by atoms with Gasteiger partial charge in [-0.05, 0) is 101 Å². The Bertz CT molecular complexity index is 2200. The number of aryl methyl sites for hydroxylation is 10. The topological polar surface area (TPSA) is 71.3 Å². The largest absolute Gasteiger partial charge is 0.331 e. The molecule has 8 rings (SSSR count). The van der Waals surface area contributed by atoms with Crippen LogP contribution >= 0.6 is 0 Å². The van der Waals surface area contributed by atoms with Crippen LogP contribution in [-0.4, -0.2) is 38.2 Å². The van der Waals surface area contributed by atoms with E-state index >= 15 is 0 Å². The molecule has 0 aliphatic rings. The first kappa shape index (κ1) is 46.8. The van der Waals surface area contributed by atoms with Gasteiger partial charge in [-0.15, -0.1) is 0 Å². The van der Waals surface area contributed by atoms with Crippen LogP contribution in [0.1, 0.15) is 89.8 Å². The molecule has 0 saturated heterocycles. The number of hydrogen-bond acceptors (Lipinski definition) is 4. The number of nitrogens with zero attached hydrogens (tertiary/aromatic N) is 8. The fourth-order valence-corrected chi connectivity index (χ4v) is 5.38. The lowest BCUT2D eigenvalue weighted by Gasteiger charge is -1.96. The van der Waals surface area contributed by atoms with Crippen molar-refractivity contribution in [1.29, 1.82) is 0 Å². The molecule has 0 fully saturated rings. The number of rotatable bonds is 0. The molecule has 4 aromatic heterocycles. The zero-order valence-corrected chi connectivity index (χ0v) is 36.7. The molecule has 292 valence electrons. The Morgan fingerprint density at radius 2 is 0.611 bits per heavy atom. The van der Waals surface area contributed by atoms with Gasteiger partial charge in [0.15, 0.2) is 0 Å². The molecule has 0 spiro atoms. The fraction of sp³-hybridized carbons (Fsp3) is 0.391. The van der Waals surface area contributed by atoms with E-state index in [1.54, 1.807) is 0 Å². The summed E-state index contributed by atoms with van der Waals surface area (Å²) in [6, 6.07) is 29.0. The Kier molecular flexibility index (Phi) is 20.3. The van der Waals surface area contributed by atoms with E-state index in [1.807, 2.05) is 148 Å². The van der Waals surface area contributed by atoms with Crippen LogP contribution < -0.4 is 0 Å². The Morgan fingerprint density at radius 3 is 1.02 bits per heavy atom. The maximum atomic E-state index is 4.44. The molecule has 0 atom stereocenters. The van der Waals surface area contributed by atoms with Gasteiger partial charge in [0, 0.05) is 28.2 Å². The quantitative estimate of drug-likeness (QED) is 0.156. The van der Waals surface area contributed by atoms with Gasteiger partial charge < -0.3 is 18.3 Å². The van der Waals surface area contributed by atoms with Crippen molar-refractivity contribution in [2.24, 2.45) is 28.2 Å². The van der Waals surface area contributed by atoms with Crippen molar-refractivity contribution < 1.29 is 0 Å². The standard InChI is InChI=1S/2C10H12N2.2C9H10N2.4C2H6/c1-7-4-5-10-9(6-7)11-8(2)12(10)3;1-7-4-5-9-10(6-7)12(3)8(2)11-9;2*1-7-10-8-5-3-4-6-9(8)11(7)2;4*1-2/h2*4-6H,1-3H3;2*3-6H,1-2H3;4*1-2H3. The molecule has 8 nitrogen and oxygen atoms in total. The summed E-state index contributed by atoms with van der Waals surface area (Å²) in [5.74, 6) is 4.25. The molecular formula is C46H68N8. The van der Waals surface area contributed by atoms with Crippen molar-refractivity contribution in [3.63, 3.8) is 0 Å². The number of hydrogen-bond donors (Lipinski definition) is 0. The van der Waals surface area contributed by atoms with Gasteiger partial charge in [-0.3, -0.25) is 0 Å². The lowest BCUT2D eigenvalue weighted by atomic mass is 10.2. The average molecular weight is 733 g/mol. The number of benzene rings is 4. The van der Waals surface area contributed by atoms with Gasteiger partial charge >= 0.3 is 0 Å². The smallest absolute Gasteiger partial charge is 0.106 e. The Hall–Kier alpha value is -5.24. The van der Waals surface area contributed by atoms with Gasteiger partial charge in [0.1, 0.15) is 23.3 Å². The summed E-state index contributed by atoms with van der Waals surface area (Å²) < 4.78 is 8.40. The number of aromatic nitrogens is 8. The third-order valence-corrected chi connectivity index (χ3v) is 8.54. The molecule has 0 aliphatic carbocycles. The highest BCUT2D eigenvalue weighted by atomic mass is 15.1. The van der Waals surface area contributed by atoms with Crippen molar-refractivity contribution >= 4 is 44.1 Å². The zero-order valence-electron chi connectivity index (χ0n) is 36.7. The fourth-order valence-electron chi connectivity index (χ4n) is 5.38. The normalized spacial score (nSPS) is 9.67. The molecule has 4 aromatic carbocycles. The minimum absolute atomic E-state index is 1.06. The summed E-state index contributed by atoms with van der Waals surface area (Å²) in [5.41, 5.74) is 11.7. The lowest BCUT2D eigenvalue weighted by Crippen LogP contribution is -1.89. The highest BCUT2D eigenvalue weighted by Crippen LogP contribution is 2.17. The summed E-state index contributed by atoms with van der Waals surface area (Å²) in [6.07, 6.45) is 0. The van der Waals surface area contributed by atoms with E-state index < -0.39 is 0 Å². The number of fused-ring (bicyclic) bond motifs is 4. The van der Waals surface area contributed by atoms with Crippen LogP contribution in [0.25, 0.3) is 44.1 Å². The van der Waals surface area contributed by atoms with E-state index in [4.69, 9.17) is 0 Å². The second-order valence-corrected chi connectivity index (χ2v) is 11.8. The van der Waals surface area contributed by atoms with Gasteiger partial charge in [0.2, 0.25) is 0 Å². The zero-order chi connectivity index (χ0) is 41.1. The molecule has 0 amide bonds. The molecule has 8 aromatic rings. The summed E-state index contributed by atoms with van der Waals surface area (Å²) in [5, 5.41) is 0. The number of para-hydroxylation sites is 4. The van der Waals surface area contributed by atoms with Gasteiger partial charge in [-0.25, -0.2) is 19.9 Å². The molecule has 0 unspecified atom stereocenters. The second-order valence-electron chi connectivity index (χ2n) is 11.8.